The van der Waals surface area contributed by atoms with Crippen LogP contribution in [-0.4, -0.2) is 13.1 Å². The highest BCUT2D eigenvalue weighted by atomic mass is 15.1. The van der Waals surface area contributed by atoms with Gasteiger partial charge in [-0.1, -0.05) is 26.0 Å². The minimum Gasteiger partial charge on any atom is -0.372 e. The van der Waals surface area contributed by atoms with E-state index in [0.717, 1.165) is 0 Å². The molecule has 0 radical (unpaired) electrons. The number of hydrogen-bond donors (Lipinski definition) is 0. The van der Waals surface area contributed by atoms with Crippen molar-refractivity contribution >= 4 is 5.69 Å². The number of anilines is 1. The Balaban J connectivity index is 0.000000461. The number of rotatable bonds is 1. The van der Waals surface area contributed by atoms with Crippen molar-refractivity contribution < 1.29 is 0 Å². The summed E-state index contributed by atoms with van der Waals surface area (Å²) < 4.78 is 0. The van der Waals surface area contributed by atoms with E-state index in [1.165, 1.54) is 37.2 Å². The molecule has 78 valence electrons. The van der Waals surface area contributed by atoms with E-state index in [-0.39, 0.29) is 0 Å². The molecule has 1 aromatic rings. The summed E-state index contributed by atoms with van der Waals surface area (Å²) >= 11 is 0. The maximum atomic E-state index is 2.47. The lowest BCUT2D eigenvalue weighted by Gasteiger charge is -2.17. The van der Waals surface area contributed by atoms with Crippen LogP contribution in [-0.2, 0) is 0 Å². The van der Waals surface area contributed by atoms with Crippen molar-refractivity contribution in [3.8, 4) is 0 Å². The molecule has 0 bridgehead atoms. The zero-order valence-corrected chi connectivity index (χ0v) is 9.59. The Bertz CT molecular complexity index is 262. The fourth-order valence-electron chi connectivity index (χ4n) is 1.80. The van der Waals surface area contributed by atoms with Gasteiger partial charge in [0.15, 0.2) is 0 Å². The molecule has 14 heavy (non-hydrogen) atoms. The van der Waals surface area contributed by atoms with Crippen molar-refractivity contribution in [1.82, 2.24) is 0 Å². The predicted molar refractivity (Wildman–Crippen MR) is 64.0 cm³/mol. The molecule has 1 fully saturated rings. The SMILES string of the molecule is CC.Cc1cccc(N2CCCC2)c1. The van der Waals surface area contributed by atoms with Gasteiger partial charge in [0.05, 0.1) is 0 Å². The third-order valence-corrected chi connectivity index (χ3v) is 2.47. The van der Waals surface area contributed by atoms with E-state index < -0.39 is 0 Å². The highest BCUT2D eigenvalue weighted by molar-refractivity contribution is 5.48. The van der Waals surface area contributed by atoms with Gasteiger partial charge in [0.1, 0.15) is 0 Å². The molecule has 0 amide bonds. The highest BCUT2D eigenvalue weighted by Crippen LogP contribution is 2.20. The molecule has 0 saturated carbocycles. The zero-order valence-electron chi connectivity index (χ0n) is 9.59. The molecule has 0 aromatic heterocycles. The van der Waals surface area contributed by atoms with Crippen LogP contribution in [0.15, 0.2) is 24.3 Å². The van der Waals surface area contributed by atoms with Crippen LogP contribution in [0.2, 0.25) is 0 Å². The molecule has 1 aromatic carbocycles. The number of benzene rings is 1. The van der Waals surface area contributed by atoms with Gasteiger partial charge in [0, 0.05) is 18.8 Å². The summed E-state index contributed by atoms with van der Waals surface area (Å²) in [5, 5.41) is 0. The Morgan fingerprint density at radius 2 is 1.71 bits per heavy atom. The second-order valence-corrected chi connectivity index (χ2v) is 3.53. The third kappa shape index (κ3) is 2.76. The van der Waals surface area contributed by atoms with E-state index in [1.54, 1.807) is 0 Å². The molecular weight excluding hydrogens is 170 g/mol. The van der Waals surface area contributed by atoms with Crippen LogP contribution in [0.5, 0.6) is 0 Å². The third-order valence-electron chi connectivity index (χ3n) is 2.47. The van der Waals surface area contributed by atoms with Gasteiger partial charge in [-0.2, -0.15) is 0 Å². The van der Waals surface area contributed by atoms with Crippen molar-refractivity contribution in [2.24, 2.45) is 0 Å². The number of nitrogens with zero attached hydrogens (tertiary/aromatic N) is 1. The predicted octanol–water partition coefficient (Wildman–Crippen LogP) is 3.62. The van der Waals surface area contributed by atoms with Crippen LogP contribution in [0.3, 0.4) is 0 Å². The molecule has 1 heteroatoms. The average molecular weight is 191 g/mol. The van der Waals surface area contributed by atoms with Crippen LogP contribution in [0.1, 0.15) is 32.3 Å². The number of aryl methyl sites for hydroxylation is 1. The lowest BCUT2D eigenvalue weighted by atomic mass is 10.2. The Labute approximate surface area is 87.7 Å². The maximum absolute atomic E-state index is 2.47. The molecule has 1 aliphatic heterocycles. The maximum Gasteiger partial charge on any atom is 0.0368 e. The molecule has 0 spiro atoms. The Morgan fingerprint density at radius 1 is 1.07 bits per heavy atom. The first-order valence-electron chi connectivity index (χ1n) is 5.68. The summed E-state index contributed by atoms with van der Waals surface area (Å²) in [5.41, 5.74) is 2.76. The van der Waals surface area contributed by atoms with Crippen molar-refractivity contribution in [3.05, 3.63) is 29.8 Å². The lowest BCUT2D eigenvalue weighted by Crippen LogP contribution is -2.17. The van der Waals surface area contributed by atoms with Crippen LogP contribution in [0.25, 0.3) is 0 Å². The molecule has 1 saturated heterocycles. The summed E-state index contributed by atoms with van der Waals surface area (Å²) in [4.78, 5) is 2.47. The smallest absolute Gasteiger partial charge is 0.0368 e. The first-order chi connectivity index (χ1) is 6.86. The molecule has 0 unspecified atom stereocenters. The Kier molecular flexibility index (Phi) is 4.51. The quantitative estimate of drug-likeness (QED) is 0.655. The summed E-state index contributed by atoms with van der Waals surface area (Å²) in [6.45, 7) is 8.63. The van der Waals surface area contributed by atoms with Gasteiger partial charge in [0.2, 0.25) is 0 Å². The molecule has 0 N–H and O–H groups in total. The van der Waals surface area contributed by atoms with Gasteiger partial charge in [-0.3, -0.25) is 0 Å². The lowest BCUT2D eigenvalue weighted by molar-refractivity contribution is 0.949. The second-order valence-electron chi connectivity index (χ2n) is 3.53. The molecule has 0 aliphatic carbocycles. The molecule has 1 nitrogen and oxygen atoms in total. The minimum atomic E-state index is 1.24. The molecule has 0 atom stereocenters. The molecule has 1 heterocycles. The average Bonchev–Trinajstić information content (AvgIpc) is 2.74. The summed E-state index contributed by atoms with van der Waals surface area (Å²) in [7, 11) is 0. The first-order valence-corrected chi connectivity index (χ1v) is 5.68. The minimum absolute atomic E-state index is 1.24. The first kappa shape index (κ1) is 11.1. The largest absolute Gasteiger partial charge is 0.372 e. The summed E-state index contributed by atoms with van der Waals surface area (Å²) in [6, 6.07) is 8.77. The Morgan fingerprint density at radius 3 is 2.29 bits per heavy atom. The van der Waals surface area contributed by atoms with Crippen LogP contribution >= 0.6 is 0 Å². The van der Waals surface area contributed by atoms with Crippen molar-refractivity contribution in [2.75, 3.05) is 18.0 Å². The summed E-state index contributed by atoms with van der Waals surface area (Å²) in [5.74, 6) is 0. The van der Waals surface area contributed by atoms with E-state index in [0.29, 0.717) is 0 Å². The van der Waals surface area contributed by atoms with Gasteiger partial charge in [-0.05, 0) is 37.5 Å². The van der Waals surface area contributed by atoms with E-state index >= 15 is 0 Å². The van der Waals surface area contributed by atoms with Crippen LogP contribution < -0.4 is 4.90 Å². The van der Waals surface area contributed by atoms with Crippen molar-refractivity contribution in [3.63, 3.8) is 0 Å². The van der Waals surface area contributed by atoms with Crippen LogP contribution in [0.4, 0.5) is 5.69 Å². The second kappa shape index (κ2) is 5.69. The summed E-state index contributed by atoms with van der Waals surface area (Å²) in [6.07, 6.45) is 2.71. The molecule has 1 aliphatic rings. The topological polar surface area (TPSA) is 3.24 Å². The monoisotopic (exact) mass is 191 g/mol. The number of hydrogen-bond acceptors (Lipinski definition) is 1. The van der Waals surface area contributed by atoms with Crippen LogP contribution in [0, 0.1) is 6.92 Å². The zero-order chi connectivity index (χ0) is 10.4. The van der Waals surface area contributed by atoms with Crippen molar-refractivity contribution in [2.45, 2.75) is 33.6 Å². The van der Waals surface area contributed by atoms with Gasteiger partial charge >= 0.3 is 0 Å². The fourth-order valence-corrected chi connectivity index (χ4v) is 1.80. The van der Waals surface area contributed by atoms with Gasteiger partial charge < -0.3 is 4.90 Å². The van der Waals surface area contributed by atoms with Gasteiger partial charge in [-0.25, -0.2) is 0 Å². The Hall–Kier alpha value is -0.980. The van der Waals surface area contributed by atoms with E-state index in [2.05, 4.69) is 36.1 Å². The molecule has 2 rings (SSSR count). The highest BCUT2D eigenvalue weighted by Gasteiger charge is 2.11. The molecular formula is C13H21N. The van der Waals surface area contributed by atoms with Gasteiger partial charge in [0.25, 0.3) is 0 Å². The van der Waals surface area contributed by atoms with Gasteiger partial charge in [-0.15, -0.1) is 0 Å². The fraction of sp³-hybridized carbons (Fsp3) is 0.538. The normalized spacial score (nSPS) is 14.9. The van der Waals surface area contributed by atoms with E-state index in [4.69, 9.17) is 0 Å². The van der Waals surface area contributed by atoms with Crippen molar-refractivity contribution in [1.29, 1.82) is 0 Å². The van der Waals surface area contributed by atoms with E-state index in [1.807, 2.05) is 13.8 Å². The standard InChI is InChI=1S/C11H15N.C2H6/c1-10-5-4-6-11(9-10)12-7-2-3-8-12;1-2/h4-6,9H,2-3,7-8H2,1H3;1-2H3. The van der Waals surface area contributed by atoms with E-state index in [9.17, 15) is 0 Å².